The van der Waals surface area contributed by atoms with Crippen molar-refractivity contribution in [1.82, 2.24) is 0 Å². The van der Waals surface area contributed by atoms with Crippen molar-refractivity contribution in [2.45, 2.75) is 38.7 Å². The average molecular weight is 263 g/mol. The van der Waals surface area contributed by atoms with Gasteiger partial charge in [-0.25, -0.2) is 0 Å². The van der Waals surface area contributed by atoms with E-state index in [4.69, 9.17) is 10.5 Å². The van der Waals surface area contributed by atoms with Crippen LogP contribution < -0.4 is 5.73 Å². The van der Waals surface area contributed by atoms with Crippen molar-refractivity contribution < 1.29 is 9.84 Å². The van der Waals surface area contributed by atoms with Gasteiger partial charge in [-0.1, -0.05) is 38.1 Å². The van der Waals surface area contributed by atoms with E-state index in [9.17, 15) is 5.11 Å². The molecule has 3 N–H and O–H groups in total. The summed E-state index contributed by atoms with van der Waals surface area (Å²) in [5.74, 6) is 0.512. The van der Waals surface area contributed by atoms with E-state index in [0.29, 0.717) is 25.7 Å². The van der Waals surface area contributed by atoms with Crippen LogP contribution in [0.15, 0.2) is 24.3 Å². The topological polar surface area (TPSA) is 55.5 Å². The molecule has 19 heavy (non-hydrogen) atoms. The number of rotatable bonds is 4. The Hall–Kier alpha value is -0.900. The van der Waals surface area contributed by atoms with Crippen molar-refractivity contribution in [1.29, 1.82) is 0 Å². The summed E-state index contributed by atoms with van der Waals surface area (Å²) in [6, 6.07) is 8.28. The molecule has 1 aliphatic heterocycles. The summed E-state index contributed by atoms with van der Waals surface area (Å²) >= 11 is 0. The Morgan fingerprint density at radius 2 is 1.68 bits per heavy atom. The van der Waals surface area contributed by atoms with E-state index < -0.39 is 6.10 Å². The zero-order valence-corrected chi connectivity index (χ0v) is 11.9. The smallest absolute Gasteiger partial charge is 0.0860 e. The van der Waals surface area contributed by atoms with E-state index >= 15 is 0 Å². The molecular weight excluding hydrogens is 238 g/mol. The number of ether oxygens (including phenoxy) is 1. The standard InChI is InChI=1S/C16H25NO2/c1-12(2)13-3-5-14(6-4-13)15(18)16(11-17)7-9-19-10-8-16/h3-6,12,15,18H,7-11,17H2,1-2H3. The van der Waals surface area contributed by atoms with Crippen LogP contribution in [0.25, 0.3) is 0 Å². The van der Waals surface area contributed by atoms with E-state index in [1.807, 2.05) is 12.1 Å². The Kier molecular flexibility index (Phi) is 4.61. The fourth-order valence-corrected chi connectivity index (χ4v) is 2.78. The molecule has 0 aromatic heterocycles. The van der Waals surface area contributed by atoms with Crippen LogP contribution in [0.3, 0.4) is 0 Å². The molecule has 0 radical (unpaired) electrons. The number of hydrogen-bond donors (Lipinski definition) is 2. The second-order valence-corrected chi connectivity index (χ2v) is 5.90. The fraction of sp³-hybridized carbons (Fsp3) is 0.625. The van der Waals surface area contributed by atoms with E-state index in [-0.39, 0.29) is 5.41 Å². The first kappa shape index (κ1) is 14.5. The van der Waals surface area contributed by atoms with Gasteiger partial charge in [0, 0.05) is 25.2 Å². The molecular formula is C16H25NO2. The SMILES string of the molecule is CC(C)c1ccc(C(O)C2(CN)CCOCC2)cc1. The Morgan fingerprint density at radius 3 is 2.16 bits per heavy atom. The van der Waals surface area contributed by atoms with Crippen LogP contribution >= 0.6 is 0 Å². The molecule has 1 aromatic rings. The molecule has 0 aliphatic carbocycles. The second-order valence-electron chi connectivity index (χ2n) is 5.90. The van der Waals surface area contributed by atoms with Crippen LogP contribution in [-0.4, -0.2) is 24.9 Å². The predicted octanol–water partition coefficient (Wildman–Crippen LogP) is 2.60. The Morgan fingerprint density at radius 1 is 1.16 bits per heavy atom. The zero-order valence-electron chi connectivity index (χ0n) is 11.9. The fourth-order valence-electron chi connectivity index (χ4n) is 2.78. The van der Waals surface area contributed by atoms with Gasteiger partial charge in [0.25, 0.3) is 0 Å². The molecule has 1 fully saturated rings. The molecule has 0 bridgehead atoms. The van der Waals surface area contributed by atoms with Crippen LogP contribution in [0.1, 0.15) is 49.8 Å². The van der Waals surface area contributed by atoms with Crippen molar-refractivity contribution in [2.24, 2.45) is 11.1 Å². The van der Waals surface area contributed by atoms with E-state index in [0.717, 1.165) is 18.4 Å². The van der Waals surface area contributed by atoms with Crippen LogP contribution in [0.2, 0.25) is 0 Å². The van der Waals surface area contributed by atoms with Gasteiger partial charge in [0.1, 0.15) is 0 Å². The van der Waals surface area contributed by atoms with Gasteiger partial charge in [-0.3, -0.25) is 0 Å². The van der Waals surface area contributed by atoms with Gasteiger partial charge in [0.05, 0.1) is 6.10 Å². The maximum Gasteiger partial charge on any atom is 0.0860 e. The highest BCUT2D eigenvalue weighted by atomic mass is 16.5. The predicted molar refractivity (Wildman–Crippen MR) is 77.0 cm³/mol. The van der Waals surface area contributed by atoms with E-state index in [1.54, 1.807) is 0 Å². The number of nitrogens with two attached hydrogens (primary N) is 1. The third-order valence-corrected chi connectivity index (χ3v) is 4.39. The summed E-state index contributed by atoms with van der Waals surface area (Å²) in [7, 11) is 0. The molecule has 2 rings (SSSR count). The van der Waals surface area contributed by atoms with Crippen LogP contribution in [-0.2, 0) is 4.74 Å². The van der Waals surface area contributed by atoms with Crippen molar-refractivity contribution in [3.8, 4) is 0 Å². The number of aliphatic hydroxyl groups excluding tert-OH is 1. The normalized spacial score (nSPS) is 20.5. The molecule has 0 saturated carbocycles. The second kappa shape index (κ2) is 6.04. The Balaban J connectivity index is 2.19. The first-order chi connectivity index (χ1) is 9.09. The third kappa shape index (κ3) is 2.99. The summed E-state index contributed by atoms with van der Waals surface area (Å²) in [6.45, 7) is 6.23. The van der Waals surface area contributed by atoms with Gasteiger partial charge in [-0.05, 0) is 29.9 Å². The maximum atomic E-state index is 10.7. The van der Waals surface area contributed by atoms with Gasteiger partial charge in [0.2, 0.25) is 0 Å². The summed E-state index contributed by atoms with van der Waals surface area (Å²) in [6.07, 6.45) is 1.16. The molecule has 1 aliphatic rings. The number of aliphatic hydroxyl groups is 1. The Bertz CT molecular complexity index is 394. The van der Waals surface area contributed by atoms with Gasteiger partial charge >= 0.3 is 0 Å². The van der Waals surface area contributed by atoms with Crippen LogP contribution in [0.5, 0.6) is 0 Å². The van der Waals surface area contributed by atoms with E-state index in [2.05, 4.69) is 26.0 Å². The minimum Gasteiger partial charge on any atom is -0.388 e. The van der Waals surface area contributed by atoms with Crippen molar-refractivity contribution in [3.05, 3.63) is 35.4 Å². The lowest BCUT2D eigenvalue weighted by Crippen LogP contribution is -2.41. The zero-order chi connectivity index (χ0) is 13.9. The maximum absolute atomic E-state index is 10.7. The minimum absolute atomic E-state index is 0.225. The first-order valence-electron chi connectivity index (χ1n) is 7.15. The van der Waals surface area contributed by atoms with E-state index in [1.165, 1.54) is 5.56 Å². The van der Waals surface area contributed by atoms with Gasteiger partial charge in [-0.2, -0.15) is 0 Å². The third-order valence-electron chi connectivity index (χ3n) is 4.39. The monoisotopic (exact) mass is 263 g/mol. The van der Waals surface area contributed by atoms with Gasteiger partial charge < -0.3 is 15.6 Å². The number of benzene rings is 1. The molecule has 3 nitrogen and oxygen atoms in total. The lowest BCUT2D eigenvalue weighted by molar-refractivity contribution is -0.0581. The largest absolute Gasteiger partial charge is 0.388 e. The lowest BCUT2D eigenvalue weighted by atomic mass is 9.73. The summed E-state index contributed by atoms with van der Waals surface area (Å²) in [4.78, 5) is 0. The van der Waals surface area contributed by atoms with Crippen LogP contribution in [0.4, 0.5) is 0 Å². The minimum atomic E-state index is -0.498. The summed E-state index contributed by atoms with van der Waals surface area (Å²) in [5.41, 5.74) is 7.98. The highest BCUT2D eigenvalue weighted by Crippen LogP contribution is 2.41. The van der Waals surface area contributed by atoms with Crippen LogP contribution in [0, 0.1) is 5.41 Å². The lowest BCUT2D eigenvalue weighted by Gasteiger charge is -2.40. The highest BCUT2D eigenvalue weighted by Gasteiger charge is 2.39. The average Bonchev–Trinajstić information content (AvgIpc) is 2.47. The first-order valence-corrected chi connectivity index (χ1v) is 7.15. The van der Waals surface area contributed by atoms with Crippen molar-refractivity contribution >= 4 is 0 Å². The molecule has 1 atom stereocenters. The molecule has 0 spiro atoms. The highest BCUT2D eigenvalue weighted by molar-refractivity contribution is 5.27. The van der Waals surface area contributed by atoms with Gasteiger partial charge in [0.15, 0.2) is 0 Å². The summed E-state index contributed by atoms with van der Waals surface area (Å²) < 4.78 is 5.40. The summed E-state index contributed by atoms with van der Waals surface area (Å²) in [5, 5.41) is 10.7. The quantitative estimate of drug-likeness (QED) is 0.878. The molecule has 0 amide bonds. The molecule has 1 aromatic carbocycles. The molecule has 1 unspecified atom stereocenters. The molecule has 1 heterocycles. The van der Waals surface area contributed by atoms with Crippen molar-refractivity contribution in [3.63, 3.8) is 0 Å². The van der Waals surface area contributed by atoms with Crippen molar-refractivity contribution in [2.75, 3.05) is 19.8 Å². The Labute approximate surface area is 115 Å². The van der Waals surface area contributed by atoms with Gasteiger partial charge in [-0.15, -0.1) is 0 Å². The molecule has 106 valence electrons. The molecule has 1 saturated heterocycles. The number of hydrogen-bond acceptors (Lipinski definition) is 3. The molecule has 3 heteroatoms.